The van der Waals surface area contributed by atoms with E-state index in [0.29, 0.717) is 5.56 Å². The van der Waals surface area contributed by atoms with Gasteiger partial charge in [0.15, 0.2) is 0 Å². The van der Waals surface area contributed by atoms with E-state index in [1.54, 1.807) is 12.1 Å². The first-order valence-electron chi connectivity index (χ1n) is 6.65. The van der Waals surface area contributed by atoms with E-state index in [1.807, 2.05) is 18.7 Å². The maximum atomic E-state index is 13.1. The molecule has 0 bridgehead atoms. The fourth-order valence-corrected chi connectivity index (χ4v) is 3.73. The predicted octanol–water partition coefficient (Wildman–Crippen LogP) is 3.14. The molecule has 1 aliphatic rings. The molecule has 1 saturated heterocycles. The SMILES string of the molecule is CC1CSCCN1C(CN)c1ccccc1C(F)(F)F. The van der Waals surface area contributed by atoms with Crippen molar-refractivity contribution in [3.05, 3.63) is 35.4 Å². The van der Waals surface area contributed by atoms with Gasteiger partial charge in [-0.1, -0.05) is 18.2 Å². The lowest BCUT2D eigenvalue weighted by Gasteiger charge is -2.39. The van der Waals surface area contributed by atoms with Crippen molar-refractivity contribution in [2.24, 2.45) is 5.73 Å². The Kier molecular flexibility index (Phi) is 4.99. The van der Waals surface area contributed by atoms with Gasteiger partial charge >= 0.3 is 6.18 Å². The highest BCUT2D eigenvalue weighted by Gasteiger charge is 2.37. The van der Waals surface area contributed by atoms with Crippen molar-refractivity contribution < 1.29 is 13.2 Å². The maximum absolute atomic E-state index is 13.1. The summed E-state index contributed by atoms with van der Waals surface area (Å²) in [6.45, 7) is 3.02. The molecule has 1 aromatic carbocycles. The Balaban J connectivity index is 2.37. The fourth-order valence-electron chi connectivity index (χ4n) is 2.69. The molecule has 0 radical (unpaired) electrons. The molecule has 0 amide bonds. The van der Waals surface area contributed by atoms with Crippen LogP contribution < -0.4 is 5.73 Å². The van der Waals surface area contributed by atoms with Crippen LogP contribution in [0.2, 0.25) is 0 Å². The van der Waals surface area contributed by atoms with Crippen LogP contribution in [0, 0.1) is 0 Å². The van der Waals surface area contributed by atoms with Gasteiger partial charge < -0.3 is 5.73 Å². The van der Waals surface area contributed by atoms with Crippen molar-refractivity contribution in [2.75, 3.05) is 24.6 Å². The average molecular weight is 304 g/mol. The Labute approximate surface area is 121 Å². The van der Waals surface area contributed by atoms with Crippen molar-refractivity contribution >= 4 is 11.8 Å². The summed E-state index contributed by atoms with van der Waals surface area (Å²) in [5, 5.41) is 0. The molecule has 1 fully saturated rings. The van der Waals surface area contributed by atoms with Gasteiger partial charge in [-0.3, -0.25) is 4.90 Å². The molecular formula is C14H19F3N2S. The molecule has 6 heteroatoms. The molecule has 2 nitrogen and oxygen atoms in total. The number of benzene rings is 1. The van der Waals surface area contributed by atoms with Crippen LogP contribution in [0.4, 0.5) is 13.2 Å². The maximum Gasteiger partial charge on any atom is 0.416 e. The van der Waals surface area contributed by atoms with Gasteiger partial charge in [0, 0.05) is 36.7 Å². The van der Waals surface area contributed by atoms with Crippen molar-refractivity contribution in [2.45, 2.75) is 25.2 Å². The van der Waals surface area contributed by atoms with Gasteiger partial charge in [0.1, 0.15) is 0 Å². The molecule has 112 valence electrons. The molecule has 1 aliphatic heterocycles. The lowest BCUT2D eigenvalue weighted by molar-refractivity contribution is -0.138. The third-order valence-corrected chi connectivity index (χ3v) is 4.86. The van der Waals surface area contributed by atoms with Gasteiger partial charge in [0.2, 0.25) is 0 Å². The zero-order chi connectivity index (χ0) is 14.8. The molecule has 0 aromatic heterocycles. The van der Waals surface area contributed by atoms with E-state index in [0.717, 1.165) is 24.1 Å². The normalized spacial score (nSPS) is 22.8. The molecule has 1 aromatic rings. The average Bonchev–Trinajstić information content (AvgIpc) is 2.41. The van der Waals surface area contributed by atoms with E-state index in [1.165, 1.54) is 6.07 Å². The van der Waals surface area contributed by atoms with E-state index in [4.69, 9.17) is 5.73 Å². The number of alkyl halides is 3. The Morgan fingerprint density at radius 2 is 2.10 bits per heavy atom. The van der Waals surface area contributed by atoms with Gasteiger partial charge in [-0.25, -0.2) is 0 Å². The quantitative estimate of drug-likeness (QED) is 0.930. The molecular weight excluding hydrogens is 285 g/mol. The monoisotopic (exact) mass is 304 g/mol. The Bertz CT molecular complexity index is 450. The van der Waals surface area contributed by atoms with Crippen molar-refractivity contribution in [1.82, 2.24) is 4.90 Å². The topological polar surface area (TPSA) is 29.3 Å². The summed E-state index contributed by atoms with van der Waals surface area (Å²) in [5.41, 5.74) is 5.52. The first-order chi connectivity index (χ1) is 9.45. The van der Waals surface area contributed by atoms with E-state index in [2.05, 4.69) is 4.90 Å². The summed E-state index contributed by atoms with van der Waals surface area (Å²) in [5.74, 6) is 1.87. The Morgan fingerprint density at radius 1 is 1.40 bits per heavy atom. The van der Waals surface area contributed by atoms with Gasteiger partial charge in [-0.15, -0.1) is 0 Å². The van der Waals surface area contributed by atoms with Crippen molar-refractivity contribution in [3.8, 4) is 0 Å². The van der Waals surface area contributed by atoms with E-state index < -0.39 is 11.7 Å². The van der Waals surface area contributed by atoms with Crippen LogP contribution in [0.5, 0.6) is 0 Å². The number of halogens is 3. The van der Waals surface area contributed by atoms with Crippen molar-refractivity contribution in [3.63, 3.8) is 0 Å². The lowest BCUT2D eigenvalue weighted by Crippen LogP contribution is -2.45. The highest BCUT2D eigenvalue weighted by molar-refractivity contribution is 7.99. The first kappa shape index (κ1) is 15.7. The van der Waals surface area contributed by atoms with Gasteiger partial charge in [0.05, 0.1) is 5.56 Å². The minimum Gasteiger partial charge on any atom is -0.329 e. The first-order valence-corrected chi connectivity index (χ1v) is 7.80. The van der Waals surface area contributed by atoms with Crippen LogP contribution in [0.25, 0.3) is 0 Å². The van der Waals surface area contributed by atoms with Crippen LogP contribution in [0.15, 0.2) is 24.3 Å². The number of hydrogen-bond donors (Lipinski definition) is 1. The van der Waals surface area contributed by atoms with Crippen LogP contribution >= 0.6 is 11.8 Å². The summed E-state index contributed by atoms with van der Waals surface area (Å²) in [6, 6.07) is 5.63. The predicted molar refractivity (Wildman–Crippen MR) is 76.7 cm³/mol. The van der Waals surface area contributed by atoms with E-state index in [9.17, 15) is 13.2 Å². The highest BCUT2D eigenvalue weighted by Crippen LogP contribution is 2.37. The van der Waals surface area contributed by atoms with Crippen LogP contribution in [-0.4, -0.2) is 35.5 Å². The molecule has 2 rings (SSSR count). The van der Waals surface area contributed by atoms with E-state index >= 15 is 0 Å². The molecule has 20 heavy (non-hydrogen) atoms. The van der Waals surface area contributed by atoms with Crippen LogP contribution in [0.1, 0.15) is 24.1 Å². The van der Waals surface area contributed by atoms with Gasteiger partial charge in [-0.2, -0.15) is 24.9 Å². The third kappa shape index (κ3) is 3.30. The smallest absolute Gasteiger partial charge is 0.329 e. The number of hydrogen-bond acceptors (Lipinski definition) is 3. The van der Waals surface area contributed by atoms with Crippen LogP contribution in [-0.2, 0) is 6.18 Å². The molecule has 2 unspecified atom stereocenters. The molecule has 0 aliphatic carbocycles. The van der Waals surface area contributed by atoms with E-state index in [-0.39, 0.29) is 18.6 Å². The second kappa shape index (κ2) is 6.37. The van der Waals surface area contributed by atoms with Crippen LogP contribution in [0.3, 0.4) is 0 Å². The summed E-state index contributed by atoms with van der Waals surface area (Å²) in [6.07, 6.45) is -4.34. The molecule has 1 heterocycles. The Hall–Kier alpha value is -0.720. The summed E-state index contributed by atoms with van der Waals surface area (Å²) < 4.78 is 39.4. The fraction of sp³-hybridized carbons (Fsp3) is 0.571. The van der Waals surface area contributed by atoms with Crippen molar-refractivity contribution in [1.29, 1.82) is 0 Å². The highest BCUT2D eigenvalue weighted by atomic mass is 32.2. The lowest BCUT2D eigenvalue weighted by atomic mass is 9.97. The number of nitrogens with zero attached hydrogens (tertiary/aromatic N) is 1. The zero-order valence-corrected chi connectivity index (χ0v) is 12.2. The second-order valence-electron chi connectivity index (χ2n) is 5.00. The molecule has 0 saturated carbocycles. The zero-order valence-electron chi connectivity index (χ0n) is 11.4. The minimum atomic E-state index is -4.34. The standard InChI is InChI=1S/C14H19F3N2S/c1-10-9-20-7-6-19(10)13(8-18)11-4-2-3-5-12(11)14(15,16)17/h2-5,10,13H,6-9,18H2,1H3. The number of nitrogens with two attached hydrogens (primary N) is 1. The minimum absolute atomic E-state index is 0.197. The van der Waals surface area contributed by atoms with Gasteiger partial charge in [-0.05, 0) is 18.6 Å². The molecule has 2 N–H and O–H groups in total. The summed E-state index contributed by atoms with van der Waals surface area (Å²) in [4.78, 5) is 2.10. The third-order valence-electron chi connectivity index (χ3n) is 3.67. The van der Waals surface area contributed by atoms with Gasteiger partial charge in [0.25, 0.3) is 0 Å². The number of rotatable bonds is 3. The summed E-state index contributed by atoms with van der Waals surface area (Å²) in [7, 11) is 0. The summed E-state index contributed by atoms with van der Waals surface area (Å²) >= 11 is 1.83. The number of thioether (sulfide) groups is 1. The molecule has 2 atom stereocenters. The molecule has 0 spiro atoms. The largest absolute Gasteiger partial charge is 0.416 e. The Morgan fingerprint density at radius 3 is 2.70 bits per heavy atom. The second-order valence-corrected chi connectivity index (χ2v) is 6.15.